The summed E-state index contributed by atoms with van der Waals surface area (Å²) in [6.45, 7) is 2.05. The Morgan fingerprint density at radius 2 is 1.96 bits per heavy atom. The van der Waals surface area contributed by atoms with Crippen molar-refractivity contribution < 1.29 is 9.72 Å². The fourth-order valence-electron chi connectivity index (χ4n) is 2.04. The number of carbonyl (C=O) groups is 1. The Morgan fingerprint density at radius 3 is 2.56 bits per heavy atom. The molecule has 2 rings (SSSR count). The number of nitriles is 1. The first kappa shape index (κ1) is 17.7. The summed E-state index contributed by atoms with van der Waals surface area (Å²) in [5.41, 5.74) is 1.87. The summed E-state index contributed by atoms with van der Waals surface area (Å²) in [6.07, 6.45) is 2.22. The average Bonchev–Trinajstić information content (AvgIpc) is 2.63. The molecule has 0 atom stereocenters. The van der Waals surface area contributed by atoms with Gasteiger partial charge in [0, 0.05) is 29.7 Å². The number of amides is 1. The van der Waals surface area contributed by atoms with Gasteiger partial charge in [0.15, 0.2) is 0 Å². The number of aryl methyl sites for hydroxylation is 1. The highest BCUT2D eigenvalue weighted by molar-refractivity contribution is 6.06. The molecule has 0 unspecified atom stereocenters. The summed E-state index contributed by atoms with van der Waals surface area (Å²) in [4.78, 5) is 22.3. The minimum atomic E-state index is -0.652. The molecule has 25 heavy (non-hydrogen) atoms. The van der Waals surface area contributed by atoms with E-state index in [4.69, 9.17) is 5.26 Å². The summed E-state index contributed by atoms with van der Waals surface area (Å²) < 4.78 is 0. The lowest BCUT2D eigenvalue weighted by Gasteiger charge is -2.06. The van der Waals surface area contributed by atoms with E-state index >= 15 is 0 Å². The molecule has 0 bridgehead atoms. The van der Waals surface area contributed by atoms with Gasteiger partial charge >= 0.3 is 0 Å². The summed E-state index contributed by atoms with van der Waals surface area (Å²) in [5.74, 6) is -0.652. The zero-order valence-corrected chi connectivity index (χ0v) is 13.5. The number of hydrogen-bond donors (Lipinski definition) is 2. The molecule has 0 aliphatic carbocycles. The zero-order valence-electron chi connectivity index (χ0n) is 13.5. The van der Waals surface area contributed by atoms with Crippen LogP contribution >= 0.6 is 0 Å². The van der Waals surface area contributed by atoms with Crippen LogP contribution in [0.2, 0.25) is 0 Å². The van der Waals surface area contributed by atoms with E-state index in [1.165, 1.54) is 36.0 Å². The first-order valence-corrected chi connectivity index (χ1v) is 7.55. The molecule has 7 nitrogen and oxygen atoms in total. The van der Waals surface area contributed by atoms with Gasteiger partial charge in [-0.05, 0) is 30.2 Å². The van der Waals surface area contributed by atoms with Gasteiger partial charge < -0.3 is 10.6 Å². The summed E-state index contributed by atoms with van der Waals surface area (Å²) >= 11 is 0. The van der Waals surface area contributed by atoms with Gasteiger partial charge in [0.05, 0.1) is 4.92 Å². The van der Waals surface area contributed by atoms with Crippen molar-refractivity contribution in [2.75, 3.05) is 10.6 Å². The molecule has 0 spiro atoms. The molecule has 0 radical (unpaired) electrons. The lowest BCUT2D eigenvalue weighted by atomic mass is 10.1. The number of anilines is 2. The second-order valence-electron chi connectivity index (χ2n) is 5.13. The molecule has 0 aromatic heterocycles. The predicted molar refractivity (Wildman–Crippen MR) is 94.9 cm³/mol. The van der Waals surface area contributed by atoms with Crippen LogP contribution in [-0.2, 0) is 11.2 Å². The fourth-order valence-corrected chi connectivity index (χ4v) is 2.04. The molecular formula is C18H16N4O3. The minimum absolute atomic E-state index is 0.144. The van der Waals surface area contributed by atoms with E-state index in [9.17, 15) is 14.9 Å². The van der Waals surface area contributed by atoms with Crippen molar-refractivity contribution in [1.82, 2.24) is 0 Å². The Kier molecular flexibility index (Phi) is 5.85. The Balaban J connectivity index is 2.08. The van der Waals surface area contributed by atoms with Crippen LogP contribution < -0.4 is 10.6 Å². The topological polar surface area (TPSA) is 108 Å². The first-order valence-electron chi connectivity index (χ1n) is 7.55. The number of benzene rings is 2. The number of nitro benzene ring substituents is 1. The quantitative estimate of drug-likeness (QED) is 0.362. The second kappa shape index (κ2) is 8.26. The number of non-ortho nitro benzene ring substituents is 1. The van der Waals surface area contributed by atoms with Crippen LogP contribution in [0, 0.1) is 21.4 Å². The number of carbonyl (C=O) groups excluding carboxylic acids is 1. The van der Waals surface area contributed by atoms with Crippen molar-refractivity contribution in [3.05, 3.63) is 76.0 Å². The van der Waals surface area contributed by atoms with Crippen LogP contribution in [0.4, 0.5) is 17.1 Å². The summed E-state index contributed by atoms with van der Waals surface area (Å²) in [7, 11) is 0. The molecule has 0 heterocycles. The number of nitrogens with one attached hydrogen (secondary N) is 2. The average molecular weight is 336 g/mol. The van der Waals surface area contributed by atoms with Gasteiger partial charge in [-0.1, -0.05) is 25.1 Å². The SMILES string of the molecule is CCc1ccc(N/C=C(/C#N)C(=O)Nc2cccc([N+](=O)[O-])c2)cc1. The Bertz CT molecular complexity index is 851. The zero-order chi connectivity index (χ0) is 18.2. The van der Waals surface area contributed by atoms with Crippen molar-refractivity contribution >= 4 is 23.0 Å². The van der Waals surface area contributed by atoms with E-state index in [2.05, 4.69) is 10.6 Å². The molecule has 0 saturated heterocycles. The molecular weight excluding hydrogens is 320 g/mol. The van der Waals surface area contributed by atoms with E-state index in [1.807, 2.05) is 31.2 Å². The first-order chi connectivity index (χ1) is 12.0. The smallest absolute Gasteiger partial charge is 0.271 e. The Morgan fingerprint density at radius 1 is 1.24 bits per heavy atom. The molecule has 7 heteroatoms. The van der Waals surface area contributed by atoms with E-state index < -0.39 is 10.8 Å². The molecule has 2 N–H and O–H groups in total. The molecule has 0 saturated carbocycles. The molecule has 2 aromatic carbocycles. The van der Waals surface area contributed by atoms with Crippen LogP contribution in [0.25, 0.3) is 0 Å². The second-order valence-corrected chi connectivity index (χ2v) is 5.13. The van der Waals surface area contributed by atoms with Crippen molar-refractivity contribution in [3.8, 4) is 6.07 Å². The largest absolute Gasteiger partial charge is 0.360 e. The van der Waals surface area contributed by atoms with Crippen molar-refractivity contribution in [1.29, 1.82) is 5.26 Å². The maximum absolute atomic E-state index is 12.1. The van der Waals surface area contributed by atoms with Gasteiger partial charge in [-0.2, -0.15) is 5.26 Å². The molecule has 0 aliphatic rings. The Hall–Kier alpha value is -3.66. The van der Waals surface area contributed by atoms with Crippen LogP contribution in [0.3, 0.4) is 0 Å². The number of rotatable bonds is 6. The van der Waals surface area contributed by atoms with Gasteiger partial charge in [-0.3, -0.25) is 14.9 Å². The van der Waals surface area contributed by atoms with Crippen molar-refractivity contribution in [2.24, 2.45) is 0 Å². The van der Waals surface area contributed by atoms with E-state index in [-0.39, 0.29) is 16.9 Å². The van der Waals surface area contributed by atoms with Crippen LogP contribution in [0.15, 0.2) is 60.3 Å². The monoisotopic (exact) mass is 336 g/mol. The molecule has 1 amide bonds. The number of nitrogens with zero attached hydrogens (tertiary/aromatic N) is 2. The van der Waals surface area contributed by atoms with Gasteiger partial charge in [-0.25, -0.2) is 0 Å². The number of hydrogen-bond acceptors (Lipinski definition) is 5. The van der Waals surface area contributed by atoms with Gasteiger partial charge in [0.2, 0.25) is 0 Å². The van der Waals surface area contributed by atoms with Gasteiger partial charge in [0.25, 0.3) is 11.6 Å². The highest BCUT2D eigenvalue weighted by atomic mass is 16.6. The lowest BCUT2D eigenvalue weighted by Crippen LogP contribution is -2.14. The van der Waals surface area contributed by atoms with Crippen LogP contribution in [-0.4, -0.2) is 10.8 Å². The third-order valence-corrected chi connectivity index (χ3v) is 3.43. The van der Waals surface area contributed by atoms with Crippen LogP contribution in [0.1, 0.15) is 12.5 Å². The fraction of sp³-hybridized carbons (Fsp3) is 0.111. The van der Waals surface area contributed by atoms with E-state index in [0.29, 0.717) is 0 Å². The summed E-state index contributed by atoms with van der Waals surface area (Å²) in [6, 6.07) is 14.9. The lowest BCUT2D eigenvalue weighted by molar-refractivity contribution is -0.384. The molecule has 2 aromatic rings. The molecule has 0 aliphatic heterocycles. The van der Waals surface area contributed by atoms with E-state index in [1.54, 1.807) is 6.07 Å². The Labute approximate surface area is 144 Å². The van der Waals surface area contributed by atoms with Crippen molar-refractivity contribution in [2.45, 2.75) is 13.3 Å². The highest BCUT2D eigenvalue weighted by Crippen LogP contribution is 2.17. The maximum atomic E-state index is 12.1. The normalized spacial score (nSPS) is 10.6. The predicted octanol–water partition coefficient (Wildman–Crippen LogP) is 3.62. The molecule has 126 valence electrons. The highest BCUT2D eigenvalue weighted by Gasteiger charge is 2.12. The third-order valence-electron chi connectivity index (χ3n) is 3.43. The van der Waals surface area contributed by atoms with Gasteiger partial charge in [-0.15, -0.1) is 0 Å². The number of nitro groups is 1. The molecule has 0 fully saturated rings. The third kappa shape index (κ3) is 4.91. The van der Waals surface area contributed by atoms with E-state index in [0.717, 1.165) is 12.1 Å². The van der Waals surface area contributed by atoms with Crippen LogP contribution in [0.5, 0.6) is 0 Å². The summed E-state index contributed by atoms with van der Waals surface area (Å²) in [5, 5.41) is 25.3. The van der Waals surface area contributed by atoms with Gasteiger partial charge in [0.1, 0.15) is 11.6 Å². The maximum Gasteiger partial charge on any atom is 0.271 e. The minimum Gasteiger partial charge on any atom is -0.360 e. The van der Waals surface area contributed by atoms with Crippen molar-refractivity contribution in [3.63, 3.8) is 0 Å². The standard InChI is InChI=1S/C18H16N4O3/c1-2-13-6-8-15(9-7-13)20-12-14(11-19)18(23)21-16-4-3-5-17(10-16)22(24)25/h3-10,12,20H,2H2,1H3,(H,21,23)/b14-12-.